The summed E-state index contributed by atoms with van der Waals surface area (Å²) in [7, 11) is -3.31. The van der Waals surface area contributed by atoms with E-state index in [9.17, 15) is 8.42 Å². The van der Waals surface area contributed by atoms with Crippen LogP contribution in [0.1, 0.15) is 12.8 Å². The molecule has 0 aromatic carbocycles. The lowest BCUT2D eigenvalue weighted by atomic mass is 11.0. The molecule has 1 saturated carbocycles. The Hall–Kier alpha value is 0.390. The summed E-state index contributed by atoms with van der Waals surface area (Å²) in [4.78, 5) is 0. The van der Waals surface area contributed by atoms with Crippen LogP contribution in [0, 0.1) is 0 Å². The largest absolute Gasteiger partial charge is 0.228 e. The molecule has 1 rings (SSSR count). The number of alkyl halides is 1. The number of primary sulfonamides is 1. The third-order valence-electron chi connectivity index (χ3n) is 1.15. The molecular weight excluding hydrogens is 194 g/mol. The van der Waals surface area contributed by atoms with Crippen LogP contribution < -0.4 is 5.14 Å². The average molecular weight is 200 g/mol. The van der Waals surface area contributed by atoms with Crippen LogP contribution in [0.5, 0.6) is 0 Å². The molecule has 0 aromatic rings. The van der Waals surface area contributed by atoms with E-state index >= 15 is 0 Å². The SMILES string of the molecule is NS(=O)(=O)C1(Br)CC1. The third kappa shape index (κ3) is 0.897. The Morgan fingerprint density at radius 2 is 1.88 bits per heavy atom. The minimum absolute atomic E-state index is 0.645. The van der Waals surface area contributed by atoms with Gasteiger partial charge in [0.05, 0.1) is 0 Å². The minimum Gasteiger partial charge on any atom is -0.228 e. The van der Waals surface area contributed by atoms with Gasteiger partial charge < -0.3 is 0 Å². The van der Waals surface area contributed by atoms with Gasteiger partial charge in [-0.2, -0.15) is 0 Å². The van der Waals surface area contributed by atoms with E-state index in [1.165, 1.54) is 0 Å². The Morgan fingerprint density at radius 3 is 1.88 bits per heavy atom. The van der Waals surface area contributed by atoms with Crippen molar-refractivity contribution in [3.05, 3.63) is 0 Å². The standard InChI is InChI=1S/C3H6BrNO2S/c4-3(1-2-3)8(5,6)7/h1-2H2,(H2,5,6,7). The molecule has 0 heterocycles. The normalized spacial score (nSPS) is 25.2. The first kappa shape index (κ1) is 6.51. The molecular formula is C3H6BrNO2S. The van der Waals surface area contributed by atoms with E-state index in [0.29, 0.717) is 12.8 Å². The summed E-state index contributed by atoms with van der Waals surface area (Å²) in [5.41, 5.74) is 0. The van der Waals surface area contributed by atoms with Crippen LogP contribution in [-0.4, -0.2) is 12.1 Å². The van der Waals surface area contributed by atoms with Crippen LogP contribution in [0.15, 0.2) is 0 Å². The monoisotopic (exact) mass is 199 g/mol. The van der Waals surface area contributed by atoms with Crippen molar-refractivity contribution in [1.82, 2.24) is 0 Å². The topological polar surface area (TPSA) is 60.2 Å². The van der Waals surface area contributed by atoms with Crippen molar-refractivity contribution in [3.63, 3.8) is 0 Å². The lowest BCUT2D eigenvalue weighted by Crippen LogP contribution is -2.24. The second-order valence-corrected chi connectivity index (χ2v) is 5.84. The zero-order chi connectivity index (χ0) is 6.41. The van der Waals surface area contributed by atoms with Crippen LogP contribution in [0.3, 0.4) is 0 Å². The third-order valence-corrected chi connectivity index (χ3v) is 4.73. The van der Waals surface area contributed by atoms with Crippen molar-refractivity contribution in [2.24, 2.45) is 5.14 Å². The van der Waals surface area contributed by atoms with Gasteiger partial charge in [0.25, 0.3) is 0 Å². The first-order chi connectivity index (χ1) is 3.46. The molecule has 0 radical (unpaired) electrons. The number of hydrogen-bond acceptors (Lipinski definition) is 2. The fraction of sp³-hybridized carbons (Fsp3) is 1.00. The molecule has 3 nitrogen and oxygen atoms in total. The molecule has 8 heavy (non-hydrogen) atoms. The van der Waals surface area contributed by atoms with Crippen molar-refractivity contribution in [2.45, 2.75) is 16.5 Å². The number of rotatable bonds is 1. The molecule has 0 aliphatic heterocycles. The Balaban J connectivity index is 2.90. The molecule has 0 aromatic heterocycles. The number of sulfonamides is 1. The summed E-state index contributed by atoms with van der Waals surface area (Å²) in [6.07, 6.45) is 1.29. The zero-order valence-corrected chi connectivity index (χ0v) is 6.50. The smallest absolute Gasteiger partial charge is 0.224 e. The molecule has 5 heteroatoms. The second kappa shape index (κ2) is 1.46. The minimum atomic E-state index is -3.31. The Labute approximate surface area is 56.4 Å². The molecule has 1 aliphatic rings. The number of halogens is 1. The van der Waals surface area contributed by atoms with Gasteiger partial charge in [-0.3, -0.25) is 0 Å². The van der Waals surface area contributed by atoms with Gasteiger partial charge in [0, 0.05) is 0 Å². The van der Waals surface area contributed by atoms with Gasteiger partial charge >= 0.3 is 0 Å². The van der Waals surface area contributed by atoms with Crippen LogP contribution in [0.25, 0.3) is 0 Å². The average Bonchev–Trinajstić information content (AvgIpc) is 2.16. The highest BCUT2D eigenvalue weighted by Crippen LogP contribution is 2.47. The van der Waals surface area contributed by atoms with Crippen molar-refractivity contribution in [2.75, 3.05) is 0 Å². The molecule has 0 bridgehead atoms. The number of hydrogen-bond donors (Lipinski definition) is 1. The number of nitrogens with two attached hydrogens (primary N) is 1. The lowest BCUT2D eigenvalue weighted by molar-refractivity contribution is 0.594. The highest BCUT2D eigenvalue weighted by molar-refractivity contribution is 9.11. The van der Waals surface area contributed by atoms with Crippen molar-refractivity contribution >= 4 is 26.0 Å². The molecule has 2 N–H and O–H groups in total. The molecule has 0 saturated heterocycles. The summed E-state index contributed by atoms with van der Waals surface area (Å²) in [5, 5.41) is 4.80. The molecule has 48 valence electrons. The summed E-state index contributed by atoms with van der Waals surface area (Å²) >= 11 is 3.00. The van der Waals surface area contributed by atoms with Gasteiger partial charge in [-0.25, -0.2) is 13.6 Å². The molecule has 0 atom stereocenters. The van der Waals surface area contributed by atoms with Crippen LogP contribution >= 0.6 is 15.9 Å². The Kier molecular flexibility index (Phi) is 1.19. The maximum Gasteiger partial charge on any atom is 0.224 e. The fourth-order valence-electron chi connectivity index (χ4n) is 0.383. The fourth-order valence-corrected chi connectivity index (χ4v) is 1.25. The van der Waals surface area contributed by atoms with E-state index in [1.54, 1.807) is 0 Å². The van der Waals surface area contributed by atoms with Gasteiger partial charge in [-0.15, -0.1) is 0 Å². The molecule has 1 fully saturated rings. The van der Waals surface area contributed by atoms with Gasteiger partial charge in [-0.1, -0.05) is 15.9 Å². The first-order valence-electron chi connectivity index (χ1n) is 2.17. The van der Waals surface area contributed by atoms with Crippen molar-refractivity contribution in [3.8, 4) is 0 Å². The van der Waals surface area contributed by atoms with Crippen LogP contribution in [-0.2, 0) is 10.0 Å². The molecule has 0 unspecified atom stereocenters. The Morgan fingerprint density at radius 1 is 1.50 bits per heavy atom. The van der Waals surface area contributed by atoms with E-state index in [-0.39, 0.29) is 0 Å². The first-order valence-corrected chi connectivity index (χ1v) is 4.51. The highest BCUT2D eigenvalue weighted by Gasteiger charge is 2.50. The summed E-state index contributed by atoms with van der Waals surface area (Å²) in [6, 6.07) is 0. The van der Waals surface area contributed by atoms with E-state index in [1.807, 2.05) is 0 Å². The van der Waals surface area contributed by atoms with E-state index in [4.69, 9.17) is 5.14 Å². The lowest BCUT2D eigenvalue weighted by Gasteiger charge is -1.98. The predicted molar refractivity (Wildman–Crippen MR) is 34.0 cm³/mol. The van der Waals surface area contributed by atoms with Crippen LogP contribution in [0.2, 0.25) is 0 Å². The van der Waals surface area contributed by atoms with Gasteiger partial charge in [0.2, 0.25) is 10.0 Å². The second-order valence-electron chi connectivity index (χ2n) is 1.93. The van der Waals surface area contributed by atoms with Crippen molar-refractivity contribution < 1.29 is 8.42 Å². The highest BCUT2D eigenvalue weighted by atomic mass is 79.9. The maximum absolute atomic E-state index is 10.4. The van der Waals surface area contributed by atoms with Gasteiger partial charge in [0.1, 0.15) is 3.66 Å². The summed E-state index contributed by atoms with van der Waals surface area (Å²) < 4.78 is 20.1. The summed E-state index contributed by atoms with van der Waals surface area (Å²) in [6.45, 7) is 0. The maximum atomic E-state index is 10.4. The molecule has 0 amide bonds. The van der Waals surface area contributed by atoms with E-state index in [0.717, 1.165) is 0 Å². The molecule has 0 spiro atoms. The van der Waals surface area contributed by atoms with E-state index < -0.39 is 13.7 Å². The predicted octanol–water partition coefficient (Wildman–Crippen LogP) is 0.160. The van der Waals surface area contributed by atoms with E-state index in [2.05, 4.69) is 15.9 Å². The van der Waals surface area contributed by atoms with Gasteiger partial charge in [0.15, 0.2) is 0 Å². The van der Waals surface area contributed by atoms with Crippen LogP contribution in [0.4, 0.5) is 0 Å². The quantitative estimate of drug-likeness (QED) is 0.613. The summed E-state index contributed by atoms with van der Waals surface area (Å²) in [5.74, 6) is 0. The Bertz CT molecular complexity index is 193. The zero-order valence-electron chi connectivity index (χ0n) is 4.09. The molecule has 1 aliphatic carbocycles. The van der Waals surface area contributed by atoms with Gasteiger partial charge in [-0.05, 0) is 12.8 Å². The van der Waals surface area contributed by atoms with Crippen molar-refractivity contribution in [1.29, 1.82) is 0 Å².